The largest absolute Gasteiger partial charge is 0.0622 e. The van der Waals surface area contributed by atoms with Gasteiger partial charge >= 0.3 is 0 Å². The maximum atomic E-state index is 2.42. The highest BCUT2D eigenvalue weighted by Gasteiger charge is 2.19. The molecule has 11 aromatic rings. The lowest BCUT2D eigenvalue weighted by molar-refractivity contribution is 1.66. The number of fused-ring (bicyclic) bond motifs is 8. The van der Waals surface area contributed by atoms with E-state index < -0.39 is 0 Å². The van der Waals surface area contributed by atoms with E-state index in [0.29, 0.717) is 0 Å². The van der Waals surface area contributed by atoms with Crippen LogP contribution in [-0.4, -0.2) is 0 Å². The van der Waals surface area contributed by atoms with E-state index in [0.717, 1.165) is 0 Å². The van der Waals surface area contributed by atoms with Crippen LogP contribution >= 0.6 is 0 Å². The fraction of sp³-hybridized carbons (Fsp3) is 0. The molecule has 0 fully saturated rings. The van der Waals surface area contributed by atoms with Crippen LogP contribution in [0.3, 0.4) is 0 Å². The Morgan fingerprint density at radius 2 is 0.500 bits per heavy atom. The molecule has 0 N–H and O–H groups in total. The third-order valence-corrected chi connectivity index (χ3v) is 11.4. The Bertz CT molecular complexity index is 2970. The molecule has 54 heavy (non-hydrogen) atoms. The predicted molar refractivity (Wildman–Crippen MR) is 233 cm³/mol. The molecule has 0 amide bonds. The lowest BCUT2D eigenvalue weighted by Gasteiger charge is -2.19. The normalized spacial score (nSPS) is 11.7. The minimum Gasteiger partial charge on any atom is -0.0622 e. The molecule has 0 spiro atoms. The quantitative estimate of drug-likeness (QED) is 0.128. The average Bonchev–Trinajstić information content (AvgIpc) is 3.25. The second-order valence-electron chi connectivity index (χ2n) is 14.4. The van der Waals surface area contributed by atoms with Crippen LogP contribution in [0, 0.1) is 0 Å². The summed E-state index contributed by atoms with van der Waals surface area (Å²) in [5.41, 5.74) is 10.0. The van der Waals surface area contributed by atoms with Gasteiger partial charge in [0.25, 0.3) is 0 Å². The van der Waals surface area contributed by atoms with Crippen molar-refractivity contribution in [3.8, 4) is 44.5 Å². The number of benzene rings is 11. The molecule has 0 bridgehead atoms. The molecule has 0 heteroatoms. The van der Waals surface area contributed by atoms with Crippen molar-refractivity contribution in [2.75, 3.05) is 0 Å². The van der Waals surface area contributed by atoms with Crippen molar-refractivity contribution in [1.82, 2.24) is 0 Å². The summed E-state index contributed by atoms with van der Waals surface area (Å²) in [6, 6.07) is 76.1. The molecule has 0 saturated heterocycles. The van der Waals surface area contributed by atoms with Crippen LogP contribution in [-0.2, 0) is 0 Å². The molecule has 11 rings (SSSR count). The van der Waals surface area contributed by atoms with E-state index in [4.69, 9.17) is 0 Å². The third kappa shape index (κ3) is 4.78. The smallest absolute Gasteiger partial charge is 0.00261 e. The Balaban J connectivity index is 1.16. The summed E-state index contributed by atoms with van der Waals surface area (Å²) in [4.78, 5) is 0. The Hall–Kier alpha value is -7.02. The molecule has 0 heterocycles. The lowest BCUT2D eigenvalue weighted by atomic mass is 9.84. The Morgan fingerprint density at radius 3 is 0.870 bits per heavy atom. The van der Waals surface area contributed by atoms with Crippen molar-refractivity contribution in [1.29, 1.82) is 0 Å². The van der Waals surface area contributed by atoms with E-state index in [9.17, 15) is 0 Å². The Labute approximate surface area is 314 Å². The van der Waals surface area contributed by atoms with Crippen LogP contribution in [0.5, 0.6) is 0 Å². The zero-order chi connectivity index (χ0) is 35.6. The molecule has 0 aromatic heterocycles. The highest BCUT2D eigenvalue weighted by molar-refractivity contribution is 6.24. The molecule has 0 atom stereocenters. The fourth-order valence-corrected chi connectivity index (χ4v) is 8.98. The second kappa shape index (κ2) is 12.3. The molecule has 0 unspecified atom stereocenters. The minimum absolute atomic E-state index is 1.23. The van der Waals surface area contributed by atoms with Gasteiger partial charge < -0.3 is 0 Å². The van der Waals surface area contributed by atoms with Gasteiger partial charge in [0.15, 0.2) is 0 Å². The van der Waals surface area contributed by atoms with Crippen molar-refractivity contribution < 1.29 is 0 Å². The maximum absolute atomic E-state index is 2.42. The summed E-state index contributed by atoms with van der Waals surface area (Å²) in [5.74, 6) is 0. The molecule has 0 aliphatic carbocycles. The SMILES string of the molecule is c1ccc(-c2cc3ccc(-c4c5ccccc5c(-c5ccc6cc(-c7ccccc7)c7ccccc7c6c5)c5ccccc45)cc3c3ccccc23)cc1. The average molecular weight is 683 g/mol. The summed E-state index contributed by atoms with van der Waals surface area (Å²) < 4.78 is 0. The third-order valence-electron chi connectivity index (χ3n) is 11.4. The van der Waals surface area contributed by atoms with Crippen molar-refractivity contribution in [2.45, 2.75) is 0 Å². The van der Waals surface area contributed by atoms with E-state index in [1.54, 1.807) is 0 Å². The number of rotatable bonds is 4. The van der Waals surface area contributed by atoms with Gasteiger partial charge in [-0.05, 0) is 133 Å². The van der Waals surface area contributed by atoms with Crippen LogP contribution < -0.4 is 0 Å². The van der Waals surface area contributed by atoms with Crippen molar-refractivity contribution in [3.63, 3.8) is 0 Å². The molecule has 0 aliphatic heterocycles. The fourth-order valence-electron chi connectivity index (χ4n) is 8.98. The summed E-state index contributed by atoms with van der Waals surface area (Å²) in [6.07, 6.45) is 0. The first kappa shape index (κ1) is 30.6. The van der Waals surface area contributed by atoms with E-state index >= 15 is 0 Å². The van der Waals surface area contributed by atoms with Crippen molar-refractivity contribution >= 4 is 64.6 Å². The Morgan fingerprint density at radius 1 is 0.185 bits per heavy atom. The first-order valence-electron chi connectivity index (χ1n) is 18.8. The van der Waals surface area contributed by atoms with Gasteiger partial charge in [0.05, 0.1) is 0 Å². The van der Waals surface area contributed by atoms with E-state index in [-0.39, 0.29) is 0 Å². The first-order chi connectivity index (χ1) is 26.8. The topological polar surface area (TPSA) is 0 Å². The van der Waals surface area contributed by atoms with Gasteiger partial charge in [-0.3, -0.25) is 0 Å². The van der Waals surface area contributed by atoms with Gasteiger partial charge in [0.2, 0.25) is 0 Å². The Kier molecular flexibility index (Phi) is 6.97. The standard InChI is InChI=1S/C54H34/c1-3-15-35(16-4-1)49-31-37-27-29-39(33-51(37)43-21-9-7-19-41(43)49)53-45-23-11-13-25-47(45)54(48-26-14-12-24-46(48)53)40-30-28-38-32-50(36-17-5-2-6-18-36)42-20-8-10-22-44(42)52(38)34-40/h1-34H. The number of hydrogen-bond acceptors (Lipinski definition) is 0. The van der Waals surface area contributed by atoms with Crippen molar-refractivity contribution in [3.05, 3.63) is 206 Å². The van der Waals surface area contributed by atoms with Crippen LogP contribution in [0.15, 0.2) is 206 Å². The van der Waals surface area contributed by atoms with Gasteiger partial charge in [-0.1, -0.05) is 182 Å². The number of hydrogen-bond donors (Lipinski definition) is 0. The van der Waals surface area contributed by atoms with E-state index in [2.05, 4.69) is 206 Å². The molecule has 250 valence electrons. The maximum Gasteiger partial charge on any atom is -0.00261 e. The lowest BCUT2D eigenvalue weighted by Crippen LogP contribution is -1.92. The van der Waals surface area contributed by atoms with Gasteiger partial charge in [0, 0.05) is 0 Å². The molecule has 0 saturated carbocycles. The summed E-state index contributed by atoms with van der Waals surface area (Å²) in [7, 11) is 0. The van der Waals surface area contributed by atoms with Crippen molar-refractivity contribution in [2.24, 2.45) is 0 Å². The highest BCUT2D eigenvalue weighted by atomic mass is 14.2. The zero-order valence-corrected chi connectivity index (χ0v) is 29.6. The van der Waals surface area contributed by atoms with Crippen LogP contribution in [0.1, 0.15) is 0 Å². The molecule has 11 aromatic carbocycles. The molecular formula is C54H34. The molecule has 0 aliphatic rings. The van der Waals surface area contributed by atoms with Gasteiger partial charge in [-0.2, -0.15) is 0 Å². The monoisotopic (exact) mass is 682 g/mol. The van der Waals surface area contributed by atoms with E-state index in [1.807, 2.05) is 0 Å². The molecule has 0 radical (unpaired) electrons. The van der Waals surface area contributed by atoms with Gasteiger partial charge in [-0.25, -0.2) is 0 Å². The molecular weight excluding hydrogens is 649 g/mol. The second-order valence-corrected chi connectivity index (χ2v) is 14.4. The van der Waals surface area contributed by atoms with E-state index in [1.165, 1.54) is 109 Å². The highest BCUT2D eigenvalue weighted by Crippen LogP contribution is 2.46. The van der Waals surface area contributed by atoms with Crippen LogP contribution in [0.2, 0.25) is 0 Å². The summed E-state index contributed by atoms with van der Waals surface area (Å²) >= 11 is 0. The van der Waals surface area contributed by atoms with Crippen LogP contribution in [0.25, 0.3) is 109 Å². The zero-order valence-electron chi connectivity index (χ0n) is 29.6. The minimum atomic E-state index is 1.23. The van der Waals surface area contributed by atoms with Gasteiger partial charge in [-0.15, -0.1) is 0 Å². The van der Waals surface area contributed by atoms with Gasteiger partial charge in [0.1, 0.15) is 0 Å². The first-order valence-corrected chi connectivity index (χ1v) is 18.8. The summed E-state index contributed by atoms with van der Waals surface area (Å²) in [6.45, 7) is 0. The summed E-state index contributed by atoms with van der Waals surface area (Å²) in [5, 5.41) is 15.2. The predicted octanol–water partition coefficient (Wildman–Crippen LogP) is 15.3. The van der Waals surface area contributed by atoms with Crippen LogP contribution in [0.4, 0.5) is 0 Å². The molecule has 0 nitrogen and oxygen atoms in total.